The number of anilines is 2. The summed E-state index contributed by atoms with van der Waals surface area (Å²) in [7, 11) is 0. The Morgan fingerprint density at radius 1 is 1.04 bits per heavy atom. The molecule has 26 heavy (non-hydrogen) atoms. The Kier molecular flexibility index (Phi) is 5.20. The molecule has 1 aromatic heterocycles. The number of carbonyl (C=O) groups excluding carboxylic acids is 1. The average Bonchev–Trinajstić information content (AvgIpc) is 2.69. The second kappa shape index (κ2) is 7.90. The summed E-state index contributed by atoms with van der Waals surface area (Å²) in [6, 6.07) is 18.7. The maximum absolute atomic E-state index is 12.2. The van der Waals surface area contributed by atoms with Gasteiger partial charge in [0.05, 0.1) is 23.2 Å². The summed E-state index contributed by atoms with van der Waals surface area (Å²) < 4.78 is 0. The molecule has 0 saturated heterocycles. The SMILES string of the molecule is CC(Nc1ncc(C(=O)Nc2ccc(C#N)cc2)cn1)c1ccccc1. The number of nitrogens with one attached hydrogen (secondary N) is 2. The van der Waals surface area contributed by atoms with Gasteiger partial charge in [0.15, 0.2) is 0 Å². The zero-order valence-corrected chi connectivity index (χ0v) is 14.2. The molecule has 6 nitrogen and oxygen atoms in total. The van der Waals surface area contributed by atoms with Crippen LogP contribution in [0.15, 0.2) is 67.0 Å². The minimum atomic E-state index is -0.308. The van der Waals surface area contributed by atoms with Gasteiger partial charge in [-0.3, -0.25) is 4.79 Å². The van der Waals surface area contributed by atoms with Crippen LogP contribution >= 0.6 is 0 Å². The molecular formula is C20H17N5O. The molecular weight excluding hydrogens is 326 g/mol. The molecule has 1 amide bonds. The van der Waals surface area contributed by atoms with Crippen molar-refractivity contribution in [2.75, 3.05) is 10.6 Å². The van der Waals surface area contributed by atoms with E-state index in [0.29, 0.717) is 22.8 Å². The van der Waals surface area contributed by atoms with Crippen LogP contribution in [0.25, 0.3) is 0 Å². The van der Waals surface area contributed by atoms with E-state index in [1.807, 2.05) is 43.3 Å². The Morgan fingerprint density at radius 3 is 2.31 bits per heavy atom. The van der Waals surface area contributed by atoms with Gasteiger partial charge in [-0.2, -0.15) is 5.26 Å². The first-order valence-corrected chi connectivity index (χ1v) is 8.11. The average molecular weight is 343 g/mol. The highest BCUT2D eigenvalue weighted by Crippen LogP contribution is 2.16. The molecule has 2 aromatic carbocycles. The van der Waals surface area contributed by atoms with Crippen LogP contribution in [0.5, 0.6) is 0 Å². The lowest BCUT2D eigenvalue weighted by atomic mass is 10.1. The van der Waals surface area contributed by atoms with Crippen molar-refractivity contribution >= 4 is 17.5 Å². The zero-order valence-electron chi connectivity index (χ0n) is 14.2. The number of rotatable bonds is 5. The van der Waals surface area contributed by atoms with Gasteiger partial charge >= 0.3 is 0 Å². The zero-order chi connectivity index (χ0) is 18.4. The lowest BCUT2D eigenvalue weighted by molar-refractivity contribution is 0.102. The summed E-state index contributed by atoms with van der Waals surface area (Å²) in [5, 5.41) is 14.7. The molecule has 0 radical (unpaired) electrons. The largest absolute Gasteiger partial charge is 0.348 e. The molecule has 3 aromatic rings. The Labute approximate surface area is 151 Å². The molecule has 0 spiro atoms. The highest BCUT2D eigenvalue weighted by Gasteiger charge is 2.10. The molecule has 128 valence electrons. The molecule has 0 aliphatic rings. The van der Waals surface area contributed by atoms with E-state index in [1.165, 1.54) is 12.4 Å². The van der Waals surface area contributed by atoms with Crippen LogP contribution < -0.4 is 10.6 Å². The molecule has 3 rings (SSSR count). The van der Waals surface area contributed by atoms with Crippen LogP contribution in [0.3, 0.4) is 0 Å². The van der Waals surface area contributed by atoms with Crippen molar-refractivity contribution in [1.29, 1.82) is 5.26 Å². The van der Waals surface area contributed by atoms with E-state index in [-0.39, 0.29) is 11.9 Å². The smallest absolute Gasteiger partial charge is 0.258 e. The number of nitriles is 1. The maximum Gasteiger partial charge on any atom is 0.258 e. The third kappa shape index (κ3) is 4.22. The van der Waals surface area contributed by atoms with Crippen molar-refractivity contribution in [2.24, 2.45) is 0 Å². The van der Waals surface area contributed by atoms with Gasteiger partial charge in [-0.1, -0.05) is 30.3 Å². The van der Waals surface area contributed by atoms with E-state index >= 15 is 0 Å². The van der Waals surface area contributed by atoms with E-state index in [2.05, 4.69) is 20.6 Å². The topological polar surface area (TPSA) is 90.7 Å². The fraction of sp³-hybridized carbons (Fsp3) is 0.100. The van der Waals surface area contributed by atoms with Gasteiger partial charge in [0.1, 0.15) is 0 Å². The standard InChI is InChI=1S/C20H17N5O/c1-14(16-5-3-2-4-6-16)24-20-22-12-17(13-23-20)19(26)25-18-9-7-15(11-21)8-10-18/h2-10,12-14H,1H3,(H,25,26)(H,22,23,24). The first-order valence-electron chi connectivity index (χ1n) is 8.11. The van der Waals surface area contributed by atoms with Crippen molar-refractivity contribution in [3.63, 3.8) is 0 Å². The summed E-state index contributed by atoms with van der Waals surface area (Å²) in [5.41, 5.74) is 2.62. The van der Waals surface area contributed by atoms with Crippen LogP contribution in [0.1, 0.15) is 34.5 Å². The minimum Gasteiger partial charge on any atom is -0.348 e. The normalized spacial score (nSPS) is 11.2. The van der Waals surface area contributed by atoms with Gasteiger partial charge in [-0.15, -0.1) is 0 Å². The van der Waals surface area contributed by atoms with E-state index in [9.17, 15) is 4.79 Å². The van der Waals surface area contributed by atoms with Crippen LogP contribution in [0, 0.1) is 11.3 Å². The lowest BCUT2D eigenvalue weighted by Crippen LogP contribution is -2.14. The van der Waals surface area contributed by atoms with Gasteiger partial charge in [-0.05, 0) is 36.8 Å². The number of benzene rings is 2. The lowest BCUT2D eigenvalue weighted by Gasteiger charge is -2.14. The van der Waals surface area contributed by atoms with Crippen LogP contribution in [0.4, 0.5) is 11.6 Å². The van der Waals surface area contributed by atoms with Crippen molar-refractivity contribution in [3.05, 3.63) is 83.7 Å². The van der Waals surface area contributed by atoms with Crippen molar-refractivity contribution < 1.29 is 4.79 Å². The predicted molar refractivity (Wildman–Crippen MR) is 99.6 cm³/mol. The van der Waals surface area contributed by atoms with Gasteiger partial charge < -0.3 is 10.6 Å². The molecule has 1 heterocycles. The summed E-state index contributed by atoms with van der Waals surface area (Å²) in [5.74, 6) is 0.147. The van der Waals surface area contributed by atoms with Crippen molar-refractivity contribution in [2.45, 2.75) is 13.0 Å². The first-order chi connectivity index (χ1) is 12.7. The van der Waals surface area contributed by atoms with Crippen LogP contribution in [-0.4, -0.2) is 15.9 Å². The summed E-state index contributed by atoms with van der Waals surface area (Å²) in [4.78, 5) is 20.7. The van der Waals surface area contributed by atoms with E-state index < -0.39 is 0 Å². The molecule has 0 aliphatic carbocycles. The second-order valence-corrected chi connectivity index (χ2v) is 5.72. The monoisotopic (exact) mass is 343 g/mol. The summed E-state index contributed by atoms with van der Waals surface area (Å²) >= 11 is 0. The molecule has 1 atom stereocenters. The van der Waals surface area contributed by atoms with Gasteiger partial charge in [0.25, 0.3) is 5.91 Å². The van der Waals surface area contributed by atoms with Crippen molar-refractivity contribution in [3.8, 4) is 6.07 Å². The van der Waals surface area contributed by atoms with Crippen LogP contribution in [0.2, 0.25) is 0 Å². The number of hydrogen-bond acceptors (Lipinski definition) is 5. The predicted octanol–water partition coefficient (Wildman–Crippen LogP) is 3.77. The van der Waals surface area contributed by atoms with Crippen LogP contribution in [-0.2, 0) is 0 Å². The van der Waals surface area contributed by atoms with E-state index in [0.717, 1.165) is 5.56 Å². The third-order valence-corrected chi connectivity index (χ3v) is 3.83. The summed E-state index contributed by atoms with van der Waals surface area (Å²) in [6.45, 7) is 2.02. The van der Waals surface area contributed by atoms with Crippen molar-refractivity contribution in [1.82, 2.24) is 9.97 Å². The number of amides is 1. The minimum absolute atomic E-state index is 0.0505. The molecule has 0 saturated carbocycles. The Hall–Kier alpha value is -3.72. The highest BCUT2D eigenvalue weighted by molar-refractivity contribution is 6.03. The van der Waals surface area contributed by atoms with Gasteiger partial charge in [0.2, 0.25) is 5.95 Å². The fourth-order valence-corrected chi connectivity index (χ4v) is 2.37. The van der Waals surface area contributed by atoms with Gasteiger partial charge in [-0.25, -0.2) is 9.97 Å². The van der Waals surface area contributed by atoms with E-state index in [1.54, 1.807) is 24.3 Å². The summed E-state index contributed by atoms with van der Waals surface area (Å²) in [6.07, 6.45) is 2.96. The number of carbonyl (C=O) groups is 1. The third-order valence-electron chi connectivity index (χ3n) is 3.83. The quantitative estimate of drug-likeness (QED) is 0.736. The maximum atomic E-state index is 12.2. The Balaban J connectivity index is 1.63. The molecule has 6 heteroatoms. The molecule has 0 aliphatic heterocycles. The fourth-order valence-electron chi connectivity index (χ4n) is 2.37. The second-order valence-electron chi connectivity index (χ2n) is 5.72. The molecule has 0 fully saturated rings. The number of hydrogen-bond donors (Lipinski definition) is 2. The van der Waals surface area contributed by atoms with E-state index in [4.69, 9.17) is 5.26 Å². The highest BCUT2D eigenvalue weighted by atomic mass is 16.1. The first kappa shape index (κ1) is 17.1. The molecule has 0 bridgehead atoms. The molecule has 1 unspecified atom stereocenters. The molecule has 2 N–H and O–H groups in total. The van der Waals surface area contributed by atoms with Gasteiger partial charge in [0, 0.05) is 18.1 Å². The number of aromatic nitrogens is 2. The Morgan fingerprint density at radius 2 is 1.69 bits per heavy atom. The number of nitrogens with zero attached hydrogens (tertiary/aromatic N) is 3. The Bertz CT molecular complexity index is 915.